The maximum atomic E-state index is 2.67. The molecule has 0 aromatic rings. The minimum atomic E-state index is 1.06. The Kier molecular flexibility index (Phi) is 6.01. The van der Waals surface area contributed by atoms with E-state index in [2.05, 4.69) is 18.7 Å². The number of piperidine rings is 1. The van der Waals surface area contributed by atoms with E-state index in [9.17, 15) is 0 Å². The molecule has 0 N–H and O–H groups in total. The number of rotatable bonds is 5. The van der Waals surface area contributed by atoms with E-state index in [1.807, 2.05) is 0 Å². The summed E-state index contributed by atoms with van der Waals surface area (Å²) in [5, 5.41) is 0. The highest BCUT2D eigenvalue weighted by Gasteiger charge is 2.25. The molecule has 2 fully saturated rings. The van der Waals surface area contributed by atoms with E-state index in [1.54, 1.807) is 6.42 Å². The van der Waals surface area contributed by atoms with Gasteiger partial charge in [0.25, 0.3) is 0 Å². The quantitative estimate of drug-likeness (QED) is 0.683. The predicted molar refractivity (Wildman–Crippen MR) is 79.8 cm³/mol. The van der Waals surface area contributed by atoms with Crippen LogP contribution in [0.4, 0.5) is 0 Å². The van der Waals surface area contributed by atoms with Crippen molar-refractivity contribution >= 4 is 0 Å². The van der Waals surface area contributed by atoms with Gasteiger partial charge in [0.15, 0.2) is 0 Å². The maximum absolute atomic E-state index is 2.67. The second kappa shape index (κ2) is 7.53. The first-order valence-electron chi connectivity index (χ1n) is 8.54. The first kappa shape index (κ1) is 14.4. The van der Waals surface area contributed by atoms with Gasteiger partial charge in [0.2, 0.25) is 0 Å². The van der Waals surface area contributed by atoms with Crippen LogP contribution in [0.25, 0.3) is 0 Å². The van der Waals surface area contributed by atoms with Gasteiger partial charge in [0, 0.05) is 0 Å². The summed E-state index contributed by atoms with van der Waals surface area (Å²) in [4.78, 5) is 2.67. The van der Waals surface area contributed by atoms with E-state index < -0.39 is 0 Å². The van der Waals surface area contributed by atoms with E-state index in [0.717, 1.165) is 17.8 Å². The molecule has 0 bridgehead atoms. The monoisotopic (exact) mass is 251 g/mol. The summed E-state index contributed by atoms with van der Waals surface area (Å²) in [5.74, 6) is 3.20. The second-order valence-electron chi connectivity index (χ2n) is 6.82. The van der Waals surface area contributed by atoms with Crippen LogP contribution in [0.3, 0.4) is 0 Å². The molecule has 1 aliphatic heterocycles. The van der Waals surface area contributed by atoms with E-state index in [4.69, 9.17) is 0 Å². The molecule has 1 heteroatoms. The highest BCUT2D eigenvalue weighted by molar-refractivity contribution is 4.78. The minimum absolute atomic E-state index is 1.06. The molecule has 0 aromatic carbocycles. The third kappa shape index (κ3) is 4.26. The Hall–Kier alpha value is -0.0400. The lowest BCUT2D eigenvalue weighted by Gasteiger charge is -2.35. The van der Waals surface area contributed by atoms with Gasteiger partial charge in [-0.3, -0.25) is 0 Å². The van der Waals surface area contributed by atoms with Crippen LogP contribution in [0.5, 0.6) is 0 Å². The van der Waals surface area contributed by atoms with Crippen LogP contribution in [-0.2, 0) is 0 Å². The summed E-state index contributed by atoms with van der Waals surface area (Å²) < 4.78 is 0. The van der Waals surface area contributed by atoms with Crippen molar-refractivity contribution in [1.82, 2.24) is 4.90 Å². The molecule has 0 spiro atoms. The van der Waals surface area contributed by atoms with Crippen LogP contribution < -0.4 is 0 Å². The lowest BCUT2D eigenvalue weighted by Crippen LogP contribution is -2.35. The summed E-state index contributed by atoms with van der Waals surface area (Å²) in [6.07, 6.45) is 13.4. The van der Waals surface area contributed by atoms with Crippen LogP contribution in [0.1, 0.15) is 71.6 Å². The average molecular weight is 251 g/mol. The summed E-state index contributed by atoms with van der Waals surface area (Å²) in [6.45, 7) is 8.76. The van der Waals surface area contributed by atoms with Gasteiger partial charge >= 0.3 is 0 Å². The second-order valence-corrected chi connectivity index (χ2v) is 6.82. The molecule has 0 atom stereocenters. The Labute approximate surface area is 114 Å². The smallest absolute Gasteiger partial charge is 0.00161 e. The average Bonchev–Trinajstić information content (AvgIpc) is 2.42. The van der Waals surface area contributed by atoms with Crippen LogP contribution in [0.15, 0.2) is 0 Å². The molecule has 18 heavy (non-hydrogen) atoms. The fourth-order valence-corrected chi connectivity index (χ4v) is 4.11. The van der Waals surface area contributed by atoms with E-state index in [1.165, 1.54) is 71.0 Å². The first-order chi connectivity index (χ1) is 8.81. The minimum Gasteiger partial charge on any atom is -0.303 e. The highest BCUT2D eigenvalue weighted by atomic mass is 15.1. The maximum Gasteiger partial charge on any atom is -0.00161 e. The normalized spacial score (nSPS) is 31.7. The summed E-state index contributed by atoms with van der Waals surface area (Å²) >= 11 is 0. The van der Waals surface area contributed by atoms with Gasteiger partial charge in [-0.1, -0.05) is 46.0 Å². The van der Waals surface area contributed by atoms with E-state index in [-0.39, 0.29) is 0 Å². The summed E-state index contributed by atoms with van der Waals surface area (Å²) in [7, 11) is 0. The SMILES string of the molecule is CCCN1CCC(CC2CCC(CC)CC2)CC1. The number of hydrogen-bond acceptors (Lipinski definition) is 1. The standard InChI is InChI=1S/C17H33N/c1-3-11-18-12-9-17(10-13-18)14-16-7-5-15(4-2)6-8-16/h15-17H,3-14H2,1-2H3. The topological polar surface area (TPSA) is 3.24 Å². The van der Waals surface area contributed by atoms with Gasteiger partial charge in [-0.25, -0.2) is 0 Å². The third-order valence-corrected chi connectivity index (χ3v) is 5.46. The fourth-order valence-electron chi connectivity index (χ4n) is 4.11. The van der Waals surface area contributed by atoms with E-state index >= 15 is 0 Å². The molecule has 0 unspecified atom stereocenters. The number of hydrogen-bond donors (Lipinski definition) is 0. The van der Waals surface area contributed by atoms with Crippen molar-refractivity contribution in [3.05, 3.63) is 0 Å². The molecule has 1 heterocycles. The van der Waals surface area contributed by atoms with Crippen LogP contribution in [0, 0.1) is 17.8 Å². The van der Waals surface area contributed by atoms with Crippen LogP contribution in [-0.4, -0.2) is 24.5 Å². The van der Waals surface area contributed by atoms with Gasteiger partial charge in [-0.15, -0.1) is 0 Å². The van der Waals surface area contributed by atoms with Crippen molar-refractivity contribution in [1.29, 1.82) is 0 Å². The Morgan fingerprint density at radius 1 is 0.778 bits per heavy atom. The molecule has 1 aliphatic carbocycles. The highest BCUT2D eigenvalue weighted by Crippen LogP contribution is 2.36. The summed E-state index contributed by atoms with van der Waals surface area (Å²) in [6, 6.07) is 0. The lowest BCUT2D eigenvalue weighted by molar-refractivity contribution is 0.150. The number of likely N-dealkylation sites (tertiary alicyclic amines) is 1. The van der Waals surface area contributed by atoms with E-state index in [0.29, 0.717) is 0 Å². The predicted octanol–water partition coefficient (Wildman–Crippen LogP) is 4.71. The van der Waals surface area contributed by atoms with Crippen molar-refractivity contribution in [2.75, 3.05) is 19.6 Å². The Balaban J connectivity index is 1.63. The van der Waals surface area contributed by atoms with Crippen LogP contribution >= 0.6 is 0 Å². The Bertz CT molecular complexity index is 210. The van der Waals surface area contributed by atoms with Gasteiger partial charge in [0.1, 0.15) is 0 Å². The van der Waals surface area contributed by atoms with Crippen molar-refractivity contribution in [2.45, 2.75) is 71.6 Å². The largest absolute Gasteiger partial charge is 0.303 e. The molecule has 1 nitrogen and oxygen atoms in total. The first-order valence-corrected chi connectivity index (χ1v) is 8.54. The van der Waals surface area contributed by atoms with Crippen molar-refractivity contribution in [2.24, 2.45) is 17.8 Å². The molecule has 2 rings (SSSR count). The molecule has 1 saturated carbocycles. The van der Waals surface area contributed by atoms with Gasteiger partial charge in [-0.2, -0.15) is 0 Å². The zero-order valence-corrected chi connectivity index (χ0v) is 12.7. The molecule has 0 aromatic heterocycles. The number of nitrogens with zero attached hydrogens (tertiary/aromatic N) is 1. The zero-order chi connectivity index (χ0) is 12.8. The molecule has 0 amide bonds. The van der Waals surface area contributed by atoms with Crippen LogP contribution in [0.2, 0.25) is 0 Å². The Morgan fingerprint density at radius 2 is 1.33 bits per heavy atom. The molecular formula is C17H33N. The molecule has 1 saturated heterocycles. The van der Waals surface area contributed by atoms with Gasteiger partial charge in [0.05, 0.1) is 0 Å². The van der Waals surface area contributed by atoms with Gasteiger partial charge < -0.3 is 4.90 Å². The van der Waals surface area contributed by atoms with Crippen molar-refractivity contribution in [3.63, 3.8) is 0 Å². The molecule has 0 radical (unpaired) electrons. The molecular weight excluding hydrogens is 218 g/mol. The van der Waals surface area contributed by atoms with Crippen molar-refractivity contribution in [3.8, 4) is 0 Å². The third-order valence-electron chi connectivity index (χ3n) is 5.46. The molecule has 2 aliphatic rings. The lowest BCUT2D eigenvalue weighted by atomic mass is 9.75. The van der Waals surface area contributed by atoms with Crippen molar-refractivity contribution < 1.29 is 0 Å². The Morgan fingerprint density at radius 3 is 1.89 bits per heavy atom. The zero-order valence-electron chi connectivity index (χ0n) is 12.7. The fraction of sp³-hybridized carbons (Fsp3) is 1.00. The molecule has 106 valence electrons. The van der Waals surface area contributed by atoms with Gasteiger partial charge in [-0.05, 0) is 63.1 Å². The summed E-state index contributed by atoms with van der Waals surface area (Å²) in [5.41, 5.74) is 0.